The number of benzene rings is 2. The molecule has 0 aliphatic carbocycles. The Hall–Kier alpha value is -2.99. The lowest BCUT2D eigenvalue weighted by atomic mass is 10.1. The van der Waals surface area contributed by atoms with Gasteiger partial charge in [0.25, 0.3) is 5.56 Å². The molecule has 2 aromatic carbocycles. The summed E-state index contributed by atoms with van der Waals surface area (Å²) in [5.74, 6) is -0.423. The molecule has 0 bridgehead atoms. The van der Waals surface area contributed by atoms with Crippen molar-refractivity contribution in [2.24, 2.45) is 0 Å². The van der Waals surface area contributed by atoms with Gasteiger partial charge < -0.3 is 5.11 Å². The Balaban J connectivity index is 1.91. The highest BCUT2D eigenvalue weighted by Gasteiger charge is 2.16. The molecule has 0 spiro atoms. The Bertz CT molecular complexity index is 1150. The fourth-order valence-corrected chi connectivity index (χ4v) is 3.11. The third-order valence-corrected chi connectivity index (χ3v) is 4.29. The monoisotopic (exact) mass is 337 g/mol. The molecule has 0 fully saturated rings. The Morgan fingerprint density at radius 2 is 1.96 bits per heavy atom. The van der Waals surface area contributed by atoms with E-state index in [1.807, 2.05) is 19.1 Å². The zero-order valence-electron chi connectivity index (χ0n) is 13.6. The van der Waals surface area contributed by atoms with Crippen molar-refractivity contribution in [1.82, 2.24) is 14.2 Å². The van der Waals surface area contributed by atoms with E-state index in [1.165, 1.54) is 22.8 Å². The minimum atomic E-state index is -1.01. The van der Waals surface area contributed by atoms with Crippen LogP contribution in [0.2, 0.25) is 0 Å². The van der Waals surface area contributed by atoms with Crippen LogP contribution in [0.1, 0.15) is 17.4 Å². The van der Waals surface area contributed by atoms with Crippen molar-refractivity contribution in [2.45, 2.75) is 19.6 Å². The predicted octanol–water partition coefficient (Wildman–Crippen LogP) is 2.83. The van der Waals surface area contributed by atoms with Crippen LogP contribution in [-0.4, -0.2) is 19.3 Å². The number of rotatable bonds is 3. The molecular weight excluding hydrogens is 321 g/mol. The third kappa shape index (κ3) is 2.60. The number of halogens is 1. The van der Waals surface area contributed by atoms with E-state index in [1.54, 1.807) is 28.8 Å². The minimum Gasteiger partial charge on any atom is -0.387 e. The van der Waals surface area contributed by atoms with Gasteiger partial charge in [-0.2, -0.15) is 5.10 Å². The highest BCUT2D eigenvalue weighted by molar-refractivity contribution is 5.80. The first-order valence-corrected chi connectivity index (χ1v) is 7.96. The molecule has 5 nitrogen and oxygen atoms in total. The molecule has 4 aromatic rings. The number of aromatic nitrogens is 3. The van der Waals surface area contributed by atoms with Crippen molar-refractivity contribution in [3.8, 4) is 0 Å². The van der Waals surface area contributed by atoms with Crippen molar-refractivity contribution < 1.29 is 9.50 Å². The molecule has 4 rings (SSSR count). The molecule has 2 heterocycles. The minimum absolute atomic E-state index is 0.0156. The van der Waals surface area contributed by atoms with Crippen molar-refractivity contribution in [1.29, 1.82) is 0 Å². The lowest BCUT2D eigenvalue weighted by Gasteiger charge is -2.15. The summed E-state index contributed by atoms with van der Waals surface area (Å²) >= 11 is 0. The summed E-state index contributed by atoms with van der Waals surface area (Å²) in [7, 11) is 0. The smallest absolute Gasteiger partial charge is 0.261 e. The molecule has 2 aromatic heterocycles. The maximum Gasteiger partial charge on any atom is 0.261 e. The van der Waals surface area contributed by atoms with Crippen LogP contribution < -0.4 is 5.56 Å². The van der Waals surface area contributed by atoms with E-state index in [0.29, 0.717) is 22.1 Å². The number of aryl methyl sites for hydroxylation is 1. The molecule has 1 atom stereocenters. The Morgan fingerprint density at radius 3 is 2.76 bits per heavy atom. The predicted molar refractivity (Wildman–Crippen MR) is 93.1 cm³/mol. The molecule has 0 saturated carbocycles. The molecule has 0 radical (unpaired) electrons. The molecule has 1 unspecified atom stereocenters. The second-order valence-corrected chi connectivity index (χ2v) is 6.06. The van der Waals surface area contributed by atoms with Gasteiger partial charge in [0.1, 0.15) is 11.5 Å². The topological polar surface area (TPSA) is 59.5 Å². The van der Waals surface area contributed by atoms with E-state index in [0.717, 1.165) is 5.69 Å². The summed E-state index contributed by atoms with van der Waals surface area (Å²) in [5, 5.41) is 15.5. The molecule has 0 aliphatic heterocycles. The summed E-state index contributed by atoms with van der Waals surface area (Å²) in [4.78, 5) is 12.9. The van der Waals surface area contributed by atoms with Gasteiger partial charge in [0.15, 0.2) is 0 Å². The van der Waals surface area contributed by atoms with Crippen LogP contribution in [0.25, 0.3) is 16.6 Å². The number of hydrogen-bond acceptors (Lipinski definition) is 3. The Kier molecular flexibility index (Phi) is 3.62. The first kappa shape index (κ1) is 15.5. The van der Waals surface area contributed by atoms with Crippen LogP contribution in [0.15, 0.2) is 59.4 Å². The molecule has 1 N–H and O–H groups in total. The van der Waals surface area contributed by atoms with Crippen LogP contribution in [-0.2, 0) is 6.54 Å². The van der Waals surface area contributed by atoms with Crippen molar-refractivity contribution in [2.75, 3.05) is 0 Å². The van der Waals surface area contributed by atoms with Gasteiger partial charge in [-0.05, 0) is 36.8 Å². The van der Waals surface area contributed by atoms with Crippen molar-refractivity contribution in [3.05, 3.63) is 82.0 Å². The molecule has 126 valence electrons. The van der Waals surface area contributed by atoms with E-state index in [-0.39, 0.29) is 12.1 Å². The molecule has 25 heavy (non-hydrogen) atoms. The van der Waals surface area contributed by atoms with E-state index in [2.05, 4.69) is 5.10 Å². The fraction of sp³-hybridized carbons (Fsp3) is 0.158. The van der Waals surface area contributed by atoms with Crippen LogP contribution in [0.4, 0.5) is 4.39 Å². The average molecular weight is 337 g/mol. The second kappa shape index (κ2) is 5.82. The molecular formula is C19H16FN3O2. The first-order chi connectivity index (χ1) is 12.0. The average Bonchev–Trinajstić information content (AvgIpc) is 3.00. The van der Waals surface area contributed by atoms with E-state index in [9.17, 15) is 14.3 Å². The van der Waals surface area contributed by atoms with E-state index < -0.39 is 11.9 Å². The standard InChI is InChI=1S/C19H16FN3O2/c1-12-9-18-22(11-17(24)13-5-4-6-14(20)10-13)19(25)15-7-2-3-8-16(15)23(18)21-12/h2-10,17,24H,11H2,1H3. The number of hydrogen-bond donors (Lipinski definition) is 1. The van der Waals surface area contributed by atoms with Gasteiger partial charge in [0, 0.05) is 6.07 Å². The highest BCUT2D eigenvalue weighted by atomic mass is 19.1. The van der Waals surface area contributed by atoms with Gasteiger partial charge in [0.05, 0.1) is 29.2 Å². The normalized spacial score (nSPS) is 12.8. The lowest BCUT2D eigenvalue weighted by molar-refractivity contribution is 0.156. The SMILES string of the molecule is Cc1cc2n(CC(O)c3cccc(F)c3)c(=O)c3ccccc3n2n1. The largest absolute Gasteiger partial charge is 0.387 e. The van der Waals surface area contributed by atoms with E-state index in [4.69, 9.17) is 0 Å². The Morgan fingerprint density at radius 1 is 1.16 bits per heavy atom. The summed E-state index contributed by atoms with van der Waals surface area (Å²) in [5.41, 5.74) is 2.29. The van der Waals surface area contributed by atoms with E-state index >= 15 is 0 Å². The van der Waals surface area contributed by atoms with Gasteiger partial charge in [-0.15, -0.1) is 0 Å². The number of fused-ring (bicyclic) bond motifs is 3. The quantitative estimate of drug-likeness (QED) is 0.625. The summed E-state index contributed by atoms with van der Waals surface area (Å²) in [6.45, 7) is 1.86. The second-order valence-electron chi connectivity index (χ2n) is 6.06. The van der Waals surface area contributed by atoms with Gasteiger partial charge in [-0.25, -0.2) is 8.91 Å². The maximum absolute atomic E-state index is 13.4. The van der Waals surface area contributed by atoms with Crippen molar-refractivity contribution >= 4 is 16.6 Å². The molecule has 0 aliphatic rings. The van der Waals surface area contributed by atoms with Crippen molar-refractivity contribution in [3.63, 3.8) is 0 Å². The highest BCUT2D eigenvalue weighted by Crippen LogP contribution is 2.19. The number of aliphatic hydroxyl groups excluding tert-OH is 1. The summed E-state index contributed by atoms with van der Waals surface area (Å²) < 4.78 is 16.6. The molecule has 0 saturated heterocycles. The van der Waals surface area contributed by atoms with Gasteiger partial charge >= 0.3 is 0 Å². The Labute approximate surface area is 142 Å². The van der Waals surface area contributed by atoms with Gasteiger partial charge in [-0.1, -0.05) is 24.3 Å². The first-order valence-electron chi connectivity index (χ1n) is 7.96. The number of nitrogens with zero attached hydrogens (tertiary/aromatic N) is 3. The van der Waals surface area contributed by atoms with Crippen LogP contribution >= 0.6 is 0 Å². The zero-order valence-corrected chi connectivity index (χ0v) is 13.6. The fourth-order valence-electron chi connectivity index (χ4n) is 3.11. The molecule has 0 amide bonds. The van der Waals surface area contributed by atoms with Crippen LogP contribution in [0, 0.1) is 12.7 Å². The van der Waals surface area contributed by atoms with Gasteiger partial charge in [0.2, 0.25) is 0 Å². The maximum atomic E-state index is 13.4. The number of para-hydroxylation sites is 1. The lowest BCUT2D eigenvalue weighted by Crippen LogP contribution is -2.25. The zero-order chi connectivity index (χ0) is 17.6. The summed E-state index contributed by atoms with van der Waals surface area (Å²) in [6, 6.07) is 14.8. The molecule has 6 heteroatoms. The summed E-state index contributed by atoms with van der Waals surface area (Å²) in [6.07, 6.45) is -1.01. The number of aliphatic hydroxyl groups is 1. The van der Waals surface area contributed by atoms with Gasteiger partial charge in [-0.3, -0.25) is 9.36 Å². The third-order valence-electron chi connectivity index (χ3n) is 4.29. The van der Waals surface area contributed by atoms with Crippen LogP contribution in [0.5, 0.6) is 0 Å². The van der Waals surface area contributed by atoms with Crippen LogP contribution in [0.3, 0.4) is 0 Å².